The van der Waals surface area contributed by atoms with Crippen LogP contribution in [0, 0.1) is 12.7 Å². The summed E-state index contributed by atoms with van der Waals surface area (Å²) in [6.07, 6.45) is 2.21. The number of hydrogen-bond acceptors (Lipinski definition) is 2. The molecular weight excluding hydrogens is 269 g/mol. The molecule has 0 aliphatic rings. The molecule has 0 saturated heterocycles. The van der Waals surface area contributed by atoms with Crippen molar-refractivity contribution in [3.8, 4) is 0 Å². The molecule has 0 radical (unpaired) electrons. The fourth-order valence-corrected chi connectivity index (χ4v) is 2.05. The van der Waals surface area contributed by atoms with Gasteiger partial charge >= 0.3 is 5.97 Å². The second-order valence-corrected chi connectivity index (χ2v) is 4.74. The summed E-state index contributed by atoms with van der Waals surface area (Å²) in [5.74, 6) is -1.56. The van der Waals surface area contributed by atoms with Gasteiger partial charge in [0.2, 0.25) is 0 Å². The van der Waals surface area contributed by atoms with Gasteiger partial charge in [-0.15, -0.1) is 0 Å². The number of aryl methyl sites for hydroxylation is 1. The van der Waals surface area contributed by atoms with Crippen molar-refractivity contribution in [2.24, 2.45) is 0 Å². The maximum atomic E-state index is 14.0. The molecule has 0 atom stereocenters. The molecule has 0 aromatic heterocycles. The van der Waals surface area contributed by atoms with Gasteiger partial charge in [-0.3, -0.25) is 0 Å². The Balaban J connectivity index is 2.45. The third-order valence-corrected chi connectivity index (χ3v) is 3.21. The molecule has 0 aliphatic carbocycles. The fourth-order valence-electron chi connectivity index (χ4n) is 2.05. The summed E-state index contributed by atoms with van der Waals surface area (Å²) in [6.45, 7) is 1.99. The first-order chi connectivity index (χ1) is 9.99. The minimum Gasteiger partial charge on any atom is -0.478 e. The molecule has 0 unspecified atom stereocenters. The summed E-state index contributed by atoms with van der Waals surface area (Å²) in [6, 6.07) is 12.5. The van der Waals surface area contributed by atoms with E-state index in [1.807, 2.05) is 43.1 Å². The number of nitrogens with zero attached hydrogens (tertiary/aromatic N) is 1. The normalized spacial score (nSPS) is 10.8. The monoisotopic (exact) mass is 285 g/mol. The van der Waals surface area contributed by atoms with Crippen LogP contribution in [0.3, 0.4) is 0 Å². The number of halogens is 1. The fraction of sp³-hybridized carbons (Fsp3) is 0.118. The molecule has 0 saturated carbocycles. The summed E-state index contributed by atoms with van der Waals surface area (Å²) >= 11 is 0. The highest BCUT2D eigenvalue weighted by molar-refractivity contribution is 5.87. The van der Waals surface area contributed by atoms with Gasteiger partial charge in [-0.05, 0) is 37.3 Å². The lowest BCUT2D eigenvalue weighted by molar-refractivity contribution is -0.131. The molecule has 1 N–H and O–H groups in total. The zero-order chi connectivity index (χ0) is 15.4. The smallest absolute Gasteiger partial charge is 0.328 e. The van der Waals surface area contributed by atoms with Crippen molar-refractivity contribution in [2.45, 2.75) is 6.92 Å². The molecule has 2 rings (SSSR count). The zero-order valence-corrected chi connectivity index (χ0v) is 11.9. The van der Waals surface area contributed by atoms with E-state index in [1.165, 1.54) is 12.1 Å². The SMILES string of the molecule is Cc1ccc(N(C)c2cccc(F)c2/C=C/C(=O)O)cc1. The molecule has 3 nitrogen and oxygen atoms in total. The second-order valence-electron chi connectivity index (χ2n) is 4.74. The van der Waals surface area contributed by atoms with Crippen molar-refractivity contribution < 1.29 is 14.3 Å². The van der Waals surface area contributed by atoms with E-state index in [4.69, 9.17) is 5.11 Å². The zero-order valence-electron chi connectivity index (χ0n) is 11.9. The molecule has 108 valence electrons. The van der Waals surface area contributed by atoms with Crippen LogP contribution in [-0.4, -0.2) is 18.1 Å². The second kappa shape index (κ2) is 6.22. The first kappa shape index (κ1) is 14.8. The lowest BCUT2D eigenvalue weighted by Crippen LogP contribution is -2.11. The quantitative estimate of drug-likeness (QED) is 0.863. The molecule has 0 amide bonds. The van der Waals surface area contributed by atoms with E-state index in [0.29, 0.717) is 5.69 Å². The van der Waals surface area contributed by atoms with E-state index >= 15 is 0 Å². The number of rotatable bonds is 4. The van der Waals surface area contributed by atoms with E-state index in [9.17, 15) is 9.18 Å². The molecule has 0 heterocycles. The summed E-state index contributed by atoms with van der Waals surface area (Å²) in [5.41, 5.74) is 2.90. The predicted octanol–water partition coefficient (Wildman–Crippen LogP) is 4.00. The van der Waals surface area contributed by atoms with Crippen LogP contribution in [0.5, 0.6) is 0 Å². The van der Waals surface area contributed by atoms with E-state index in [0.717, 1.165) is 17.3 Å². The van der Waals surface area contributed by atoms with Gasteiger partial charge in [-0.2, -0.15) is 0 Å². The van der Waals surface area contributed by atoms with Crippen LogP contribution in [0.2, 0.25) is 0 Å². The Labute approximate surface area is 123 Å². The van der Waals surface area contributed by atoms with Crippen LogP contribution < -0.4 is 4.90 Å². The predicted molar refractivity (Wildman–Crippen MR) is 82.3 cm³/mol. The van der Waals surface area contributed by atoms with Crippen molar-refractivity contribution in [3.63, 3.8) is 0 Å². The Bertz CT molecular complexity index is 678. The summed E-state index contributed by atoms with van der Waals surface area (Å²) in [4.78, 5) is 12.5. The van der Waals surface area contributed by atoms with Gasteiger partial charge in [-0.25, -0.2) is 9.18 Å². The van der Waals surface area contributed by atoms with Gasteiger partial charge in [0.05, 0.1) is 5.69 Å². The standard InChI is InChI=1S/C17H16FNO2/c1-12-6-8-13(9-7-12)19(2)16-5-3-4-15(18)14(16)10-11-17(20)21/h3-11H,1-2H3,(H,20,21)/b11-10+. The lowest BCUT2D eigenvalue weighted by atomic mass is 10.1. The van der Waals surface area contributed by atoms with Crippen LogP contribution in [-0.2, 0) is 4.79 Å². The van der Waals surface area contributed by atoms with Crippen LogP contribution in [0.15, 0.2) is 48.5 Å². The van der Waals surface area contributed by atoms with Crippen LogP contribution in [0.25, 0.3) is 6.08 Å². The summed E-state index contributed by atoms with van der Waals surface area (Å²) < 4.78 is 14.0. The molecule has 21 heavy (non-hydrogen) atoms. The number of carbonyl (C=O) groups is 1. The highest BCUT2D eigenvalue weighted by atomic mass is 19.1. The average Bonchev–Trinajstić information content (AvgIpc) is 2.45. The third kappa shape index (κ3) is 3.48. The van der Waals surface area contributed by atoms with Crippen molar-refractivity contribution in [2.75, 3.05) is 11.9 Å². The third-order valence-electron chi connectivity index (χ3n) is 3.21. The average molecular weight is 285 g/mol. The van der Waals surface area contributed by atoms with E-state index in [1.54, 1.807) is 12.1 Å². The van der Waals surface area contributed by atoms with Gasteiger partial charge < -0.3 is 10.0 Å². The molecule has 2 aromatic rings. The van der Waals surface area contributed by atoms with Gasteiger partial charge in [-0.1, -0.05) is 23.8 Å². The van der Waals surface area contributed by atoms with Crippen LogP contribution in [0.4, 0.5) is 15.8 Å². The molecule has 0 spiro atoms. The number of carboxylic acid groups (broad SMARTS) is 1. The Kier molecular flexibility index (Phi) is 4.38. The number of aliphatic carboxylic acids is 1. The van der Waals surface area contributed by atoms with Gasteiger partial charge in [0, 0.05) is 24.4 Å². The molecule has 0 bridgehead atoms. The van der Waals surface area contributed by atoms with Crippen molar-refractivity contribution in [3.05, 3.63) is 65.5 Å². The summed E-state index contributed by atoms with van der Waals surface area (Å²) in [7, 11) is 1.82. The first-order valence-corrected chi connectivity index (χ1v) is 6.49. The highest BCUT2D eigenvalue weighted by Crippen LogP contribution is 2.29. The van der Waals surface area contributed by atoms with Gasteiger partial charge in [0.15, 0.2) is 0 Å². The van der Waals surface area contributed by atoms with Gasteiger partial charge in [0.1, 0.15) is 5.82 Å². The minimum atomic E-state index is -1.11. The summed E-state index contributed by atoms with van der Waals surface area (Å²) in [5, 5.41) is 8.72. The van der Waals surface area contributed by atoms with E-state index in [2.05, 4.69) is 0 Å². The Morgan fingerprint density at radius 3 is 2.48 bits per heavy atom. The van der Waals surface area contributed by atoms with Crippen molar-refractivity contribution in [1.29, 1.82) is 0 Å². The largest absolute Gasteiger partial charge is 0.478 e. The number of benzene rings is 2. The lowest BCUT2D eigenvalue weighted by Gasteiger charge is -2.22. The Hall–Kier alpha value is -2.62. The van der Waals surface area contributed by atoms with E-state index in [-0.39, 0.29) is 5.56 Å². The molecule has 0 aliphatic heterocycles. The topological polar surface area (TPSA) is 40.5 Å². The molecule has 4 heteroatoms. The maximum absolute atomic E-state index is 14.0. The van der Waals surface area contributed by atoms with Crippen molar-refractivity contribution >= 4 is 23.4 Å². The molecular formula is C17H16FNO2. The van der Waals surface area contributed by atoms with E-state index < -0.39 is 11.8 Å². The molecule has 2 aromatic carbocycles. The molecule has 0 fully saturated rings. The number of hydrogen-bond donors (Lipinski definition) is 1. The van der Waals surface area contributed by atoms with Crippen LogP contribution >= 0.6 is 0 Å². The number of anilines is 2. The Morgan fingerprint density at radius 2 is 1.86 bits per heavy atom. The van der Waals surface area contributed by atoms with Crippen molar-refractivity contribution in [1.82, 2.24) is 0 Å². The maximum Gasteiger partial charge on any atom is 0.328 e. The van der Waals surface area contributed by atoms with Gasteiger partial charge in [0.25, 0.3) is 0 Å². The van der Waals surface area contributed by atoms with Crippen LogP contribution in [0.1, 0.15) is 11.1 Å². The number of carboxylic acids is 1. The Morgan fingerprint density at radius 1 is 1.19 bits per heavy atom. The minimum absolute atomic E-state index is 0.253. The first-order valence-electron chi connectivity index (χ1n) is 6.49. The highest BCUT2D eigenvalue weighted by Gasteiger charge is 2.11.